The van der Waals surface area contributed by atoms with Gasteiger partial charge < -0.3 is 15.0 Å². The van der Waals surface area contributed by atoms with Gasteiger partial charge in [0.05, 0.1) is 23.4 Å². The third-order valence-electron chi connectivity index (χ3n) is 4.68. The van der Waals surface area contributed by atoms with E-state index >= 15 is 0 Å². The lowest BCUT2D eigenvalue weighted by Gasteiger charge is -2.36. The highest BCUT2D eigenvalue weighted by Crippen LogP contribution is 2.28. The van der Waals surface area contributed by atoms with Crippen molar-refractivity contribution in [3.63, 3.8) is 0 Å². The number of anilines is 1. The zero-order valence-corrected chi connectivity index (χ0v) is 17.6. The van der Waals surface area contributed by atoms with E-state index in [2.05, 4.69) is 37.1 Å². The predicted octanol–water partition coefficient (Wildman–Crippen LogP) is 3.66. The fourth-order valence-electron chi connectivity index (χ4n) is 3.20. The Morgan fingerprint density at radius 1 is 1.19 bits per heavy atom. The Kier molecular flexibility index (Phi) is 6.99. The number of halogens is 2. The molecule has 1 fully saturated rings. The summed E-state index contributed by atoms with van der Waals surface area (Å²) < 4.78 is 6.30. The van der Waals surface area contributed by atoms with E-state index in [1.165, 1.54) is 0 Å². The quantitative estimate of drug-likeness (QED) is 0.726. The van der Waals surface area contributed by atoms with Gasteiger partial charge in [0.2, 0.25) is 0 Å². The molecule has 5 nitrogen and oxygen atoms in total. The molecule has 1 heterocycles. The van der Waals surface area contributed by atoms with Crippen LogP contribution in [-0.2, 0) is 0 Å². The van der Waals surface area contributed by atoms with Crippen LogP contribution in [0.3, 0.4) is 0 Å². The lowest BCUT2D eigenvalue weighted by molar-refractivity contribution is 0.0948. The normalized spacial score (nSPS) is 14.9. The van der Waals surface area contributed by atoms with Crippen molar-refractivity contribution in [3.05, 3.63) is 57.5 Å². The van der Waals surface area contributed by atoms with Crippen molar-refractivity contribution in [1.29, 1.82) is 0 Å². The first-order valence-corrected chi connectivity index (χ1v) is 10.1. The predicted molar refractivity (Wildman–Crippen MR) is 113 cm³/mol. The molecule has 1 N–H and O–H groups in total. The Bertz CT molecular complexity index is 795. The second kappa shape index (κ2) is 9.44. The molecule has 0 spiro atoms. The number of piperazine rings is 1. The van der Waals surface area contributed by atoms with E-state index in [0.717, 1.165) is 48.6 Å². The van der Waals surface area contributed by atoms with Gasteiger partial charge in [0, 0.05) is 43.7 Å². The van der Waals surface area contributed by atoms with E-state index in [0.29, 0.717) is 17.1 Å². The third-order valence-corrected chi connectivity index (χ3v) is 5.51. The number of ether oxygens (including phenoxy) is 1. The molecule has 0 radical (unpaired) electrons. The van der Waals surface area contributed by atoms with E-state index in [-0.39, 0.29) is 5.91 Å². The molecule has 3 rings (SSSR count). The number of hydrogen-bond acceptors (Lipinski definition) is 4. The van der Waals surface area contributed by atoms with Gasteiger partial charge in [-0.3, -0.25) is 9.69 Å². The number of benzene rings is 2. The first-order chi connectivity index (χ1) is 13.1. The summed E-state index contributed by atoms with van der Waals surface area (Å²) in [5.41, 5.74) is 1.63. The Balaban J connectivity index is 1.46. The van der Waals surface area contributed by atoms with Crippen molar-refractivity contribution < 1.29 is 9.53 Å². The summed E-state index contributed by atoms with van der Waals surface area (Å²) in [6.07, 6.45) is 0. The van der Waals surface area contributed by atoms with Gasteiger partial charge in [-0.2, -0.15) is 0 Å². The van der Waals surface area contributed by atoms with Crippen LogP contribution in [0.5, 0.6) is 5.75 Å². The number of nitrogens with one attached hydrogen (secondary N) is 1. The first-order valence-electron chi connectivity index (χ1n) is 8.92. The summed E-state index contributed by atoms with van der Waals surface area (Å²) in [7, 11) is 1.70. The van der Waals surface area contributed by atoms with Crippen LogP contribution in [0.25, 0.3) is 0 Å². The molecule has 0 atom stereocenters. The Morgan fingerprint density at radius 3 is 2.67 bits per heavy atom. The monoisotopic (exact) mass is 451 g/mol. The Labute approximate surface area is 173 Å². The fraction of sp³-hybridized carbons (Fsp3) is 0.350. The van der Waals surface area contributed by atoms with Crippen molar-refractivity contribution in [2.24, 2.45) is 0 Å². The number of para-hydroxylation sites is 2. The molecule has 0 unspecified atom stereocenters. The van der Waals surface area contributed by atoms with Gasteiger partial charge >= 0.3 is 0 Å². The van der Waals surface area contributed by atoms with E-state index in [9.17, 15) is 4.79 Å². The highest BCUT2D eigenvalue weighted by Gasteiger charge is 2.19. The Hall–Kier alpha value is -1.76. The number of methoxy groups -OCH3 is 1. The highest BCUT2D eigenvalue weighted by atomic mass is 79.9. The summed E-state index contributed by atoms with van der Waals surface area (Å²) in [6.45, 7) is 5.18. The fourth-order valence-corrected chi connectivity index (χ4v) is 3.76. The number of nitrogens with zero attached hydrogens (tertiary/aromatic N) is 2. The lowest BCUT2D eigenvalue weighted by Crippen LogP contribution is -2.48. The summed E-state index contributed by atoms with van der Waals surface area (Å²) in [5.74, 6) is 0.762. The minimum atomic E-state index is -0.144. The molecule has 1 amide bonds. The van der Waals surface area contributed by atoms with Crippen LogP contribution in [0, 0.1) is 0 Å². The van der Waals surface area contributed by atoms with Crippen LogP contribution < -0.4 is 15.0 Å². The number of carbonyl (C=O) groups is 1. The second-order valence-electron chi connectivity index (χ2n) is 6.38. The topological polar surface area (TPSA) is 44.8 Å². The molecule has 0 saturated carbocycles. The number of hydrogen-bond donors (Lipinski definition) is 1. The van der Waals surface area contributed by atoms with Crippen molar-refractivity contribution in [3.8, 4) is 5.75 Å². The molecule has 0 bridgehead atoms. The molecule has 1 saturated heterocycles. The minimum absolute atomic E-state index is 0.144. The molecular weight excluding hydrogens is 430 g/mol. The number of carbonyl (C=O) groups excluding carboxylic acids is 1. The number of rotatable bonds is 6. The van der Waals surface area contributed by atoms with Crippen molar-refractivity contribution >= 4 is 39.1 Å². The summed E-state index contributed by atoms with van der Waals surface area (Å²) in [4.78, 5) is 17.0. The van der Waals surface area contributed by atoms with Gasteiger partial charge in [-0.1, -0.05) is 39.7 Å². The average Bonchev–Trinajstić information content (AvgIpc) is 2.70. The van der Waals surface area contributed by atoms with Crippen LogP contribution in [0.2, 0.25) is 5.02 Å². The van der Waals surface area contributed by atoms with Crippen molar-refractivity contribution in [2.45, 2.75) is 0 Å². The van der Waals surface area contributed by atoms with Gasteiger partial charge in [-0.05, 0) is 30.3 Å². The van der Waals surface area contributed by atoms with Crippen LogP contribution in [0.4, 0.5) is 5.69 Å². The van der Waals surface area contributed by atoms with E-state index in [1.54, 1.807) is 19.2 Å². The van der Waals surface area contributed by atoms with E-state index in [1.807, 2.05) is 24.3 Å². The molecule has 0 aliphatic carbocycles. The third kappa shape index (κ3) is 5.15. The molecule has 2 aromatic carbocycles. The molecule has 2 aromatic rings. The summed E-state index contributed by atoms with van der Waals surface area (Å²) in [5, 5.41) is 3.42. The molecule has 144 valence electrons. The van der Waals surface area contributed by atoms with Gasteiger partial charge in [-0.25, -0.2) is 0 Å². The van der Waals surface area contributed by atoms with E-state index in [4.69, 9.17) is 16.3 Å². The van der Waals surface area contributed by atoms with Gasteiger partial charge in [0.25, 0.3) is 5.91 Å². The number of amides is 1. The molecule has 27 heavy (non-hydrogen) atoms. The van der Waals surface area contributed by atoms with Crippen molar-refractivity contribution in [1.82, 2.24) is 10.2 Å². The molecular formula is C20H23BrClN3O2. The SMILES string of the molecule is COc1ccccc1N1CCN(CCNC(=O)c2cc(Br)ccc2Cl)CC1. The maximum atomic E-state index is 12.3. The summed E-state index contributed by atoms with van der Waals surface area (Å²) in [6, 6.07) is 13.4. The minimum Gasteiger partial charge on any atom is -0.495 e. The second-order valence-corrected chi connectivity index (χ2v) is 7.70. The molecule has 7 heteroatoms. The maximum absolute atomic E-state index is 12.3. The molecule has 0 aromatic heterocycles. The van der Waals surface area contributed by atoms with Gasteiger partial charge in [0.1, 0.15) is 5.75 Å². The zero-order valence-electron chi connectivity index (χ0n) is 15.3. The molecule has 1 aliphatic rings. The molecule has 1 aliphatic heterocycles. The lowest BCUT2D eigenvalue weighted by atomic mass is 10.2. The van der Waals surface area contributed by atoms with Crippen molar-refractivity contribution in [2.75, 3.05) is 51.3 Å². The van der Waals surface area contributed by atoms with Crippen LogP contribution in [0.1, 0.15) is 10.4 Å². The smallest absolute Gasteiger partial charge is 0.252 e. The maximum Gasteiger partial charge on any atom is 0.252 e. The van der Waals surface area contributed by atoms with Crippen LogP contribution in [0.15, 0.2) is 46.9 Å². The average molecular weight is 453 g/mol. The van der Waals surface area contributed by atoms with Crippen LogP contribution in [-0.4, -0.2) is 57.2 Å². The van der Waals surface area contributed by atoms with E-state index < -0.39 is 0 Å². The highest BCUT2D eigenvalue weighted by molar-refractivity contribution is 9.10. The van der Waals surface area contributed by atoms with Crippen LogP contribution >= 0.6 is 27.5 Å². The zero-order chi connectivity index (χ0) is 19.2. The standard InChI is InChI=1S/C20H23BrClN3O2/c1-27-19-5-3-2-4-18(19)25-12-10-24(11-13-25)9-8-23-20(26)16-14-15(21)6-7-17(16)22/h2-7,14H,8-13H2,1H3,(H,23,26). The largest absolute Gasteiger partial charge is 0.495 e. The summed E-state index contributed by atoms with van der Waals surface area (Å²) >= 11 is 9.48. The van der Waals surface area contributed by atoms with Gasteiger partial charge in [-0.15, -0.1) is 0 Å². The first kappa shape index (κ1) is 20.0. The Morgan fingerprint density at radius 2 is 1.93 bits per heavy atom. The van der Waals surface area contributed by atoms with Gasteiger partial charge in [0.15, 0.2) is 0 Å².